The van der Waals surface area contributed by atoms with Gasteiger partial charge in [0.2, 0.25) is 6.29 Å². The van der Waals surface area contributed by atoms with Crippen molar-refractivity contribution < 1.29 is 32.6 Å². The molecule has 1 aliphatic heterocycles. The number of carbonyl (C=O) groups is 1. The molecule has 1 aromatic carbocycles. The summed E-state index contributed by atoms with van der Waals surface area (Å²) in [4.78, 5) is 11.8. The summed E-state index contributed by atoms with van der Waals surface area (Å²) in [6.45, 7) is 16.2. The third-order valence-electron chi connectivity index (χ3n) is 5.78. The van der Waals surface area contributed by atoms with E-state index >= 15 is 0 Å². The number of hydrogen-bond acceptors (Lipinski definition) is 7. The summed E-state index contributed by atoms with van der Waals surface area (Å²) >= 11 is 0. The van der Waals surface area contributed by atoms with Gasteiger partial charge in [0.15, 0.2) is 0 Å². The standard InChI is InChI=1S/C26H41O7PSi/c1-9-29-34(28,30-10-2)17-15-24-25(31-21(5)27)19(3)20(4)26(33-24)32-23-13-11-22(12-14-23)16-18-35(6,7)8/h11-14,19-20,24-26H,9-10,15,17H2,1-8H3/t19-,20+,24-,25+,26+/m1/s1. The Morgan fingerprint density at radius 3 is 2.17 bits per heavy atom. The van der Waals surface area contributed by atoms with Gasteiger partial charge in [-0.15, -0.1) is 5.54 Å². The number of benzene rings is 1. The van der Waals surface area contributed by atoms with Gasteiger partial charge < -0.3 is 23.3 Å². The molecule has 196 valence electrons. The van der Waals surface area contributed by atoms with E-state index in [-0.39, 0.29) is 37.2 Å². The van der Waals surface area contributed by atoms with E-state index < -0.39 is 34.2 Å². The molecule has 1 heterocycles. The lowest BCUT2D eigenvalue weighted by Gasteiger charge is -2.44. The molecule has 0 N–H and O–H groups in total. The van der Waals surface area contributed by atoms with E-state index in [1.165, 1.54) is 6.92 Å². The molecule has 0 aromatic heterocycles. The van der Waals surface area contributed by atoms with Crippen LogP contribution in [0.3, 0.4) is 0 Å². The molecule has 1 aliphatic rings. The summed E-state index contributed by atoms with van der Waals surface area (Å²) in [6.07, 6.45) is -1.05. The zero-order chi connectivity index (χ0) is 26.2. The Hall–Kier alpha value is -1.62. The van der Waals surface area contributed by atoms with E-state index in [9.17, 15) is 9.36 Å². The van der Waals surface area contributed by atoms with Crippen LogP contribution in [-0.2, 0) is 27.9 Å². The van der Waals surface area contributed by atoms with Crippen molar-refractivity contribution in [1.29, 1.82) is 0 Å². The van der Waals surface area contributed by atoms with E-state index in [1.807, 2.05) is 38.1 Å². The van der Waals surface area contributed by atoms with Crippen LogP contribution in [0.5, 0.6) is 5.75 Å². The van der Waals surface area contributed by atoms with Gasteiger partial charge in [0.25, 0.3) is 0 Å². The van der Waals surface area contributed by atoms with Gasteiger partial charge in [-0.25, -0.2) is 0 Å². The van der Waals surface area contributed by atoms with E-state index in [0.29, 0.717) is 12.2 Å². The van der Waals surface area contributed by atoms with E-state index in [1.54, 1.807) is 13.8 Å². The predicted octanol–water partition coefficient (Wildman–Crippen LogP) is 5.88. The molecule has 0 radical (unpaired) electrons. The van der Waals surface area contributed by atoms with Crippen LogP contribution >= 0.6 is 7.60 Å². The van der Waals surface area contributed by atoms with Gasteiger partial charge in [-0.2, -0.15) is 0 Å². The highest BCUT2D eigenvalue weighted by Crippen LogP contribution is 2.49. The van der Waals surface area contributed by atoms with Crippen LogP contribution in [0, 0.1) is 23.3 Å². The van der Waals surface area contributed by atoms with Crippen LogP contribution in [0.1, 0.15) is 46.6 Å². The second-order valence-electron chi connectivity index (χ2n) is 9.94. The number of rotatable bonds is 10. The maximum absolute atomic E-state index is 13.0. The van der Waals surface area contributed by atoms with Gasteiger partial charge >= 0.3 is 13.6 Å². The van der Waals surface area contributed by atoms with E-state index in [2.05, 4.69) is 31.1 Å². The molecule has 7 nitrogen and oxygen atoms in total. The molecule has 0 saturated carbocycles. The molecule has 9 heteroatoms. The van der Waals surface area contributed by atoms with Crippen LogP contribution in [0.2, 0.25) is 19.6 Å². The molecule has 5 atom stereocenters. The molecular formula is C26H41O7PSi. The van der Waals surface area contributed by atoms with Crippen LogP contribution in [0.4, 0.5) is 0 Å². The molecule has 2 rings (SSSR count). The van der Waals surface area contributed by atoms with Crippen molar-refractivity contribution >= 4 is 21.6 Å². The van der Waals surface area contributed by atoms with Crippen molar-refractivity contribution in [1.82, 2.24) is 0 Å². The number of hydrogen-bond donors (Lipinski definition) is 0. The van der Waals surface area contributed by atoms with Crippen molar-refractivity contribution in [3.63, 3.8) is 0 Å². The quantitative estimate of drug-likeness (QED) is 0.164. The highest BCUT2D eigenvalue weighted by Gasteiger charge is 2.45. The maximum atomic E-state index is 13.0. The number of carbonyl (C=O) groups excluding carboxylic acids is 1. The average Bonchev–Trinajstić information content (AvgIpc) is 2.77. The van der Waals surface area contributed by atoms with Crippen LogP contribution in [0.25, 0.3) is 0 Å². The van der Waals surface area contributed by atoms with Crippen LogP contribution < -0.4 is 4.74 Å². The van der Waals surface area contributed by atoms with Gasteiger partial charge in [0.1, 0.15) is 19.9 Å². The number of esters is 1. The monoisotopic (exact) mass is 524 g/mol. The third kappa shape index (κ3) is 9.40. The maximum Gasteiger partial charge on any atom is 0.330 e. The summed E-state index contributed by atoms with van der Waals surface area (Å²) in [6, 6.07) is 7.67. The largest absolute Gasteiger partial charge is 0.465 e. The molecule has 0 spiro atoms. The Balaban J connectivity index is 2.18. The highest BCUT2D eigenvalue weighted by atomic mass is 31.2. The fraction of sp³-hybridized carbons (Fsp3) is 0.654. The highest BCUT2D eigenvalue weighted by molar-refractivity contribution is 7.53. The number of ether oxygens (including phenoxy) is 3. The molecule has 0 aliphatic carbocycles. The molecular weight excluding hydrogens is 483 g/mol. The van der Waals surface area contributed by atoms with E-state index in [4.69, 9.17) is 23.3 Å². The first kappa shape index (κ1) is 29.6. The summed E-state index contributed by atoms with van der Waals surface area (Å²) in [7, 11) is -4.71. The summed E-state index contributed by atoms with van der Waals surface area (Å²) < 4.78 is 42.0. The normalized spacial score (nSPS) is 24.9. The third-order valence-corrected chi connectivity index (χ3v) is 8.77. The Labute approximate surface area is 211 Å². The molecule has 35 heavy (non-hydrogen) atoms. The van der Waals surface area contributed by atoms with Crippen LogP contribution in [-0.4, -0.2) is 51.9 Å². The zero-order valence-electron chi connectivity index (χ0n) is 22.3. The lowest BCUT2D eigenvalue weighted by atomic mass is 9.83. The van der Waals surface area contributed by atoms with Gasteiger partial charge in [-0.05, 0) is 44.5 Å². The fourth-order valence-corrected chi connectivity index (χ4v) is 6.07. The minimum absolute atomic E-state index is 0.0388. The van der Waals surface area contributed by atoms with Crippen molar-refractivity contribution in [3.8, 4) is 17.2 Å². The second kappa shape index (κ2) is 13.1. The first-order valence-electron chi connectivity index (χ1n) is 12.4. The zero-order valence-corrected chi connectivity index (χ0v) is 24.2. The van der Waals surface area contributed by atoms with Gasteiger partial charge in [0, 0.05) is 24.3 Å². The summed E-state index contributed by atoms with van der Waals surface area (Å²) in [5.74, 6) is 3.45. The topological polar surface area (TPSA) is 80.3 Å². The minimum Gasteiger partial charge on any atom is -0.465 e. The Kier molecular flexibility index (Phi) is 11.1. The minimum atomic E-state index is -3.26. The Morgan fingerprint density at radius 1 is 1.06 bits per heavy atom. The first-order valence-corrected chi connectivity index (χ1v) is 17.6. The second-order valence-corrected chi connectivity index (χ2v) is 16.9. The molecule has 1 aromatic rings. The van der Waals surface area contributed by atoms with Crippen molar-refractivity contribution in [2.45, 2.75) is 79.2 Å². The molecule has 0 bridgehead atoms. The molecule has 1 saturated heterocycles. The molecule has 0 amide bonds. The van der Waals surface area contributed by atoms with Crippen molar-refractivity contribution in [3.05, 3.63) is 29.8 Å². The SMILES string of the molecule is CCOP(=O)(CC[C@H]1O[C@H](Oc2ccc(C#C[Si](C)(C)C)cc2)[C@@H](C)[C@@H](C)[C@@H]1OC(C)=O)OCC. The molecule has 0 unspecified atom stereocenters. The lowest BCUT2D eigenvalue weighted by Crippen LogP contribution is -2.53. The predicted molar refractivity (Wildman–Crippen MR) is 140 cm³/mol. The fourth-order valence-electron chi connectivity index (χ4n) is 3.86. The van der Waals surface area contributed by atoms with Gasteiger partial charge in [-0.1, -0.05) is 39.4 Å². The van der Waals surface area contributed by atoms with Gasteiger partial charge in [0.05, 0.1) is 25.5 Å². The van der Waals surface area contributed by atoms with Crippen molar-refractivity contribution in [2.24, 2.45) is 11.8 Å². The average molecular weight is 525 g/mol. The van der Waals surface area contributed by atoms with E-state index in [0.717, 1.165) is 5.56 Å². The molecule has 1 fully saturated rings. The Morgan fingerprint density at radius 2 is 1.66 bits per heavy atom. The van der Waals surface area contributed by atoms with Gasteiger partial charge in [-0.3, -0.25) is 9.36 Å². The summed E-state index contributed by atoms with van der Waals surface area (Å²) in [5, 5.41) is 0. The lowest BCUT2D eigenvalue weighted by molar-refractivity contribution is -0.239. The smallest absolute Gasteiger partial charge is 0.330 e. The first-order chi connectivity index (χ1) is 16.4. The summed E-state index contributed by atoms with van der Waals surface area (Å²) in [5.41, 5.74) is 4.31. The van der Waals surface area contributed by atoms with Crippen molar-refractivity contribution in [2.75, 3.05) is 19.4 Å². The Bertz CT molecular complexity index is 922. The van der Waals surface area contributed by atoms with Crippen LogP contribution in [0.15, 0.2) is 24.3 Å².